The number of aromatic nitrogens is 3. The van der Waals surface area contributed by atoms with Crippen molar-refractivity contribution in [3.05, 3.63) is 27.8 Å². The number of imidazole rings is 1. The number of thiazole rings is 1. The van der Waals surface area contributed by atoms with Crippen molar-refractivity contribution >= 4 is 28.3 Å². The first-order chi connectivity index (χ1) is 15.6. The standard InChI is InChI=1S/C20H26F3N5O4S/c1-5-11-15(20(21,22)23)27-16(24-11)17(29)25-12-7-8-28(9-13(12)31-4)19-26-14(10(3)33-19)18(30)32-6-2/h12-13H,5-9H2,1-4H3,(H,24,27)(H,25,29)/t12-,13+/m1/s1. The van der Waals surface area contributed by atoms with Crippen molar-refractivity contribution in [2.45, 2.75) is 51.9 Å². The molecule has 2 atom stereocenters. The molecule has 0 bridgehead atoms. The normalized spacial score (nSPS) is 18.9. The molecular weight excluding hydrogens is 463 g/mol. The molecule has 182 valence electrons. The predicted molar refractivity (Wildman–Crippen MR) is 115 cm³/mol. The van der Waals surface area contributed by atoms with Crippen molar-refractivity contribution in [2.24, 2.45) is 0 Å². The second-order valence-corrected chi connectivity index (χ2v) is 8.66. The van der Waals surface area contributed by atoms with Crippen LogP contribution in [0, 0.1) is 6.92 Å². The number of hydrogen-bond donors (Lipinski definition) is 2. The van der Waals surface area contributed by atoms with Gasteiger partial charge in [0.25, 0.3) is 5.91 Å². The lowest BCUT2D eigenvalue weighted by molar-refractivity contribution is -0.141. The Bertz CT molecular complexity index is 1010. The number of anilines is 1. The molecule has 2 aromatic rings. The van der Waals surface area contributed by atoms with Crippen molar-refractivity contribution in [1.29, 1.82) is 0 Å². The monoisotopic (exact) mass is 489 g/mol. The number of amides is 1. The van der Waals surface area contributed by atoms with E-state index < -0.39 is 35.9 Å². The molecule has 1 saturated heterocycles. The third-order valence-electron chi connectivity index (χ3n) is 5.32. The fourth-order valence-corrected chi connectivity index (χ4v) is 4.58. The fraction of sp³-hybridized carbons (Fsp3) is 0.600. The molecule has 0 saturated carbocycles. The lowest BCUT2D eigenvalue weighted by Gasteiger charge is -2.37. The molecular formula is C20H26F3N5O4S. The predicted octanol–water partition coefficient (Wildman–Crippen LogP) is 2.96. The summed E-state index contributed by atoms with van der Waals surface area (Å²) in [7, 11) is 1.49. The van der Waals surface area contributed by atoms with E-state index in [1.165, 1.54) is 18.4 Å². The van der Waals surface area contributed by atoms with Crippen LogP contribution in [-0.4, -0.2) is 65.8 Å². The van der Waals surface area contributed by atoms with Crippen molar-refractivity contribution in [3.63, 3.8) is 0 Å². The van der Waals surface area contributed by atoms with Gasteiger partial charge in [-0.05, 0) is 26.7 Å². The molecule has 3 heterocycles. The summed E-state index contributed by atoms with van der Waals surface area (Å²) in [6.07, 6.45) is -4.56. The number of rotatable bonds is 7. The van der Waals surface area contributed by atoms with Gasteiger partial charge in [-0.15, -0.1) is 11.3 Å². The van der Waals surface area contributed by atoms with Gasteiger partial charge in [-0.3, -0.25) is 4.79 Å². The summed E-state index contributed by atoms with van der Waals surface area (Å²) < 4.78 is 50.0. The summed E-state index contributed by atoms with van der Waals surface area (Å²) in [6.45, 7) is 6.20. The first-order valence-electron chi connectivity index (χ1n) is 10.5. The van der Waals surface area contributed by atoms with Crippen molar-refractivity contribution < 1.29 is 32.2 Å². The van der Waals surface area contributed by atoms with Crippen LogP contribution in [0.5, 0.6) is 0 Å². The topological polar surface area (TPSA) is 109 Å². The highest BCUT2D eigenvalue weighted by Crippen LogP contribution is 2.31. The molecule has 2 aromatic heterocycles. The number of esters is 1. The second-order valence-electron chi connectivity index (χ2n) is 7.47. The maximum absolute atomic E-state index is 13.1. The van der Waals surface area contributed by atoms with Gasteiger partial charge in [-0.2, -0.15) is 13.2 Å². The fourth-order valence-electron chi connectivity index (χ4n) is 3.64. The number of hydrogen-bond acceptors (Lipinski definition) is 8. The van der Waals surface area contributed by atoms with Gasteiger partial charge in [0.2, 0.25) is 0 Å². The Hall–Kier alpha value is -2.67. The lowest BCUT2D eigenvalue weighted by atomic mass is 10.0. The second kappa shape index (κ2) is 10.1. The van der Waals surface area contributed by atoms with Crippen LogP contribution in [0.2, 0.25) is 0 Å². The van der Waals surface area contributed by atoms with Gasteiger partial charge in [-0.1, -0.05) is 6.92 Å². The highest BCUT2D eigenvalue weighted by Gasteiger charge is 2.38. The largest absolute Gasteiger partial charge is 0.461 e. The van der Waals surface area contributed by atoms with Crippen LogP contribution in [0.4, 0.5) is 18.3 Å². The molecule has 1 amide bonds. The minimum absolute atomic E-state index is 0.0647. The SMILES string of the molecule is CCOC(=O)c1nc(N2CC[C@@H](NC(=O)c3nc(C(F)(F)F)c(CC)[nH]3)[C@@H](OC)C2)sc1C. The third-order valence-corrected chi connectivity index (χ3v) is 6.35. The van der Waals surface area contributed by atoms with E-state index in [1.54, 1.807) is 20.8 Å². The number of nitrogens with one attached hydrogen (secondary N) is 2. The first kappa shape index (κ1) is 25.0. The molecule has 1 fully saturated rings. The Morgan fingerprint density at radius 2 is 2.03 bits per heavy atom. The minimum Gasteiger partial charge on any atom is -0.461 e. The summed E-state index contributed by atoms with van der Waals surface area (Å²) >= 11 is 1.36. The maximum atomic E-state index is 13.1. The molecule has 3 rings (SSSR count). The molecule has 9 nitrogen and oxygen atoms in total. The molecule has 0 aliphatic carbocycles. The summed E-state index contributed by atoms with van der Waals surface area (Å²) in [4.78, 5) is 37.7. The van der Waals surface area contributed by atoms with E-state index in [4.69, 9.17) is 9.47 Å². The molecule has 13 heteroatoms. The van der Waals surface area contributed by atoms with Gasteiger partial charge in [0, 0.05) is 30.8 Å². The van der Waals surface area contributed by atoms with Gasteiger partial charge in [0.1, 0.15) is 0 Å². The van der Waals surface area contributed by atoms with Crippen LogP contribution in [0.25, 0.3) is 0 Å². The number of alkyl halides is 3. The smallest absolute Gasteiger partial charge is 0.435 e. The molecule has 0 spiro atoms. The number of aromatic amines is 1. The third kappa shape index (κ3) is 5.46. The van der Waals surface area contributed by atoms with Gasteiger partial charge in [0.15, 0.2) is 22.3 Å². The van der Waals surface area contributed by atoms with Crippen molar-refractivity contribution in [2.75, 3.05) is 31.7 Å². The van der Waals surface area contributed by atoms with E-state index >= 15 is 0 Å². The van der Waals surface area contributed by atoms with Gasteiger partial charge >= 0.3 is 12.1 Å². The Balaban J connectivity index is 1.70. The van der Waals surface area contributed by atoms with Gasteiger partial charge < -0.3 is 24.7 Å². The Labute approximate surface area is 192 Å². The summed E-state index contributed by atoms with van der Waals surface area (Å²) in [5, 5.41) is 3.37. The summed E-state index contributed by atoms with van der Waals surface area (Å²) in [6, 6.07) is -0.436. The number of halogens is 3. The van der Waals surface area contributed by atoms with Crippen LogP contribution >= 0.6 is 11.3 Å². The average Bonchev–Trinajstić information content (AvgIpc) is 3.38. The van der Waals surface area contributed by atoms with E-state index in [0.717, 1.165) is 4.88 Å². The first-order valence-corrected chi connectivity index (χ1v) is 11.3. The number of ether oxygens (including phenoxy) is 2. The number of nitrogens with zero attached hydrogens (tertiary/aromatic N) is 3. The Morgan fingerprint density at radius 1 is 1.30 bits per heavy atom. The van der Waals surface area contributed by atoms with E-state index in [1.807, 2.05) is 4.90 Å². The number of methoxy groups -OCH3 is 1. The molecule has 1 aliphatic heterocycles. The molecule has 2 N–H and O–H groups in total. The number of carbonyl (C=O) groups is 2. The van der Waals surface area contributed by atoms with Crippen LogP contribution < -0.4 is 10.2 Å². The Kier molecular flexibility index (Phi) is 7.62. The molecule has 1 aliphatic rings. The quantitative estimate of drug-likeness (QED) is 0.576. The van der Waals surface area contributed by atoms with Crippen LogP contribution in [0.3, 0.4) is 0 Å². The van der Waals surface area contributed by atoms with Gasteiger partial charge in [0.05, 0.1) is 18.8 Å². The highest BCUT2D eigenvalue weighted by molar-refractivity contribution is 7.15. The number of aryl methyl sites for hydroxylation is 2. The maximum Gasteiger partial charge on any atom is 0.435 e. The lowest BCUT2D eigenvalue weighted by Crippen LogP contribution is -2.55. The summed E-state index contributed by atoms with van der Waals surface area (Å²) in [5.41, 5.74) is -0.946. The zero-order valence-electron chi connectivity index (χ0n) is 18.7. The minimum atomic E-state index is -4.64. The number of piperidine rings is 1. The highest BCUT2D eigenvalue weighted by atomic mass is 32.1. The molecule has 33 heavy (non-hydrogen) atoms. The van der Waals surface area contributed by atoms with Crippen molar-refractivity contribution in [1.82, 2.24) is 20.3 Å². The number of H-pyrrole nitrogens is 1. The number of carbonyl (C=O) groups excluding carboxylic acids is 2. The average molecular weight is 490 g/mol. The van der Waals surface area contributed by atoms with E-state index in [-0.39, 0.29) is 30.2 Å². The van der Waals surface area contributed by atoms with Crippen molar-refractivity contribution in [3.8, 4) is 0 Å². The zero-order chi connectivity index (χ0) is 24.3. The van der Waals surface area contributed by atoms with E-state index in [2.05, 4.69) is 20.3 Å². The summed E-state index contributed by atoms with van der Waals surface area (Å²) in [5.74, 6) is -1.59. The molecule has 0 unspecified atom stereocenters. The van der Waals surface area contributed by atoms with Crippen LogP contribution in [-0.2, 0) is 22.1 Å². The zero-order valence-corrected chi connectivity index (χ0v) is 19.5. The van der Waals surface area contributed by atoms with Crippen LogP contribution in [0.15, 0.2) is 0 Å². The molecule has 0 radical (unpaired) electrons. The Morgan fingerprint density at radius 3 is 2.61 bits per heavy atom. The van der Waals surface area contributed by atoms with E-state index in [0.29, 0.717) is 24.6 Å². The molecule has 0 aromatic carbocycles. The van der Waals surface area contributed by atoms with Gasteiger partial charge in [-0.25, -0.2) is 14.8 Å². The van der Waals surface area contributed by atoms with Crippen LogP contribution in [0.1, 0.15) is 57.6 Å². The van der Waals surface area contributed by atoms with E-state index in [9.17, 15) is 22.8 Å².